The van der Waals surface area contributed by atoms with Gasteiger partial charge in [0.2, 0.25) is 5.88 Å². The molecule has 5 nitrogen and oxygen atoms in total. The molecule has 0 saturated carbocycles. The number of benzene rings is 2. The van der Waals surface area contributed by atoms with Gasteiger partial charge in [-0.15, -0.1) is 0 Å². The molecule has 1 fully saturated rings. The van der Waals surface area contributed by atoms with Crippen LogP contribution in [0.25, 0.3) is 5.69 Å². The van der Waals surface area contributed by atoms with Crippen LogP contribution < -0.4 is 4.74 Å². The lowest BCUT2D eigenvalue weighted by Gasteiger charge is -2.42. The molecular weight excluding hydrogens is 422 g/mol. The average Bonchev–Trinajstić information content (AvgIpc) is 3.38. The van der Waals surface area contributed by atoms with Crippen molar-refractivity contribution in [3.05, 3.63) is 114 Å². The molecular formula is C29H31N3O2. The van der Waals surface area contributed by atoms with Gasteiger partial charge in [-0.25, -0.2) is 4.98 Å². The first-order chi connectivity index (χ1) is 16.7. The summed E-state index contributed by atoms with van der Waals surface area (Å²) in [6.07, 6.45) is 5.79. The minimum absolute atomic E-state index is 0.158. The van der Waals surface area contributed by atoms with Gasteiger partial charge in [-0.2, -0.15) is 0 Å². The number of piperidine rings is 1. The number of methoxy groups -OCH3 is 1. The van der Waals surface area contributed by atoms with E-state index >= 15 is 0 Å². The van der Waals surface area contributed by atoms with Crippen LogP contribution in [-0.4, -0.2) is 39.8 Å². The lowest BCUT2D eigenvalue weighted by molar-refractivity contribution is -0.0154. The van der Waals surface area contributed by atoms with Crippen molar-refractivity contribution in [1.82, 2.24) is 14.5 Å². The lowest BCUT2D eigenvalue weighted by atomic mass is 9.72. The molecule has 2 aromatic carbocycles. The molecule has 0 atom stereocenters. The van der Waals surface area contributed by atoms with E-state index in [-0.39, 0.29) is 5.92 Å². The predicted molar refractivity (Wildman–Crippen MR) is 134 cm³/mol. The predicted octanol–water partition coefficient (Wildman–Crippen LogP) is 5.03. The number of hydrogen-bond donors (Lipinski definition) is 1. The number of ether oxygens (including phenoxy) is 1. The van der Waals surface area contributed by atoms with Gasteiger partial charge in [0.1, 0.15) is 5.60 Å². The number of hydrogen-bond acceptors (Lipinski definition) is 4. The standard InChI is InChI=1S/C29H31N3O2/c1-34-28-15-14-26(21-30-28)32-18-8-13-27(32)22-31-19-16-25(17-20-31)29(33,23-9-4-2-5-10-23)24-11-6-3-7-12-24/h2-15,18,21,25,33H,16-17,19-20,22H2,1H3. The topological polar surface area (TPSA) is 50.5 Å². The van der Waals surface area contributed by atoms with Gasteiger partial charge in [0.25, 0.3) is 0 Å². The number of likely N-dealkylation sites (tertiary alicyclic amines) is 1. The number of aliphatic hydroxyl groups is 1. The van der Waals surface area contributed by atoms with Gasteiger partial charge < -0.3 is 14.4 Å². The van der Waals surface area contributed by atoms with E-state index in [1.54, 1.807) is 7.11 Å². The molecule has 1 N–H and O–H groups in total. The molecule has 2 aromatic heterocycles. The second-order valence-corrected chi connectivity index (χ2v) is 8.98. The van der Waals surface area contributed by atoms with E-state index in [9.17, 15) is 5.11 Å². The van der Waals surface area contributed by atoms with Gasteiger partial charge in [0.05, 0.1) is 19.0 Å². The van der Waals surface area contributed by atoms with E-state index in [1.165, 1.54) is 5.69 Å². The van der Waals surface area contributed by atoms with Gasteiger partial charge in [-0.3, -0.25) is 4.90 Å². The van der Waals surface area contributed by atoms with E-state index < -0.39 is 5.60 Å². The first-order valence-corrected chi connectivity index (χ1v) is 11.9. The van der Waals surface area contributed by atoms with Crippen molar-refractivity contribution >= 4 is 0 Å². The minimum Gasteiger partial charge on any atom is -0.481 e. The van der Waals surface area contributed by atoms with Crippen LogP contribution in [0.2, 0.25) is 0 Å². The summed E-state index contributed by atoms with van der Waals surface area (Å²) in [6, 6.07) is 28.4. The fourth-order valence-electron chi connectivity index (χ4n) is 5.19. The number of nitrogens with zero attached hydrogens (tertiary/aromatic N) is 3. The Balaban J connectivity index is 1.31. The zero-order valence-corrected chi connectivity index (χ0v) is 19.5. The van der Waals surface area contributed by atoms with Crippen molar-refractivity contribution in [3.63, 3.8) is 0 Å². The molecule has 0 unspecified atom stereocenters. The molecule has 1 aliphatic heterocycles. The monoisotopic (exact) mass is 453 g/mol. The lowest BCUT2D eigenvalue weighted by Crippen LogP contribution is -2.44. The van der Waals surface area contributed by atoms with Crippen LogP contribution in [-0.2, 0) is 12.1 Å². The van der Waals surface area contributed by atoms with Crippen molar-refractivity contribution in [1.29, 1.82) is 0 Å². The Morgan fingerprint density at radius 3 is 2.09 bits per heavy atom. The highest BCUT2D eigenvalue weighted by atomic mass is 16.5. The van der Waals surface area contributed by atoms with Crippen molar-refractivity contribution < 1.29 is 9.84 Å². The average molecular weight is 454 g/mol. The van der Waals surface area contributed by atoms with Crippen molar-refractivity contribution in [2.45, 2.75) is 25.0 Å². The third-order valence-electron chi connectivity index (χ3n) is 7.03. The minimum atomic E-state index is -0.983. The first kappa shape index (κ1) is 22.4. The Bertz CT molecular complexity index is 1140. The largest absolute Gasteiger partial charge is 0.481 e. The Morgan fingerprint density at radius 2 is 1.53 bits per heavy atom. The molecule has 0 aliphatic carbocycles. The van der Waals surface area contributed by atoms with E-state index in [0.29, 0.717) is 5.88 Å². The first-order valence-electron chi connectivity index (χ1n) is 11.9. The van der Waals surface area contributed by atoms with Gasteiger partial charge >= 0.3 is 0 Å². The molecule has 0 spiro atoms. The Morgan fingerprint density at radius 1 is 0.882 bits per heavy atom. The molecule has 1 aliphatic rings. The van der Waals surface area contributed by atoms with Crippen molar-refractivity contribution in [3.8, 4) is 11.6 Å². The molecule has 5 heteroatoms. The van der Waals surface area contributed by atoms with Crippen molar-refractivity contribution in [2.75, 3.05) is 20.2 Å². The fourth-order valence-corrected chi connectivity index (χ4v) is 5.19. The van der Waals surface area contributed by atoms with Crippen LogP contribution >= 0.6 is 0 Å². The second-order valence-electron chi connectivity index (χ2n) is 8.98. The molecule has 4 aromatic rings. The summed E-state index contributed by atoms with van der Waals surface area (Å²) in [5.41, 5.74) is 3.22. The maximum Gasteiger partial charge on any atom is 0.213 e. The van der Waals surface area contributed by atoms with Crippen LogP contribution in [0, 0.1) is 5.92 Å². The summed E-state index contributed by atoms with van der Waals surface area (Å²) in [6.45, 7) is 2.75. The molecule has 174 valence electrons. The second kappa shape index (κ2) is 9.84. The Labute approximate surface area is 201 Å². The summed E-state index contributed by atoms with van der Waals surface area (Å²) in [5.74, 6) is 0.773. The van der Waals surface area contributed by atoms with E-state index in [2.05, 4.69) is 57.0 Å². The molecule has 1 saturated heterocycles. The Hall–Kier alpha value is -3.41. The maximum atomic E-state index is 12.1. The third kappa shape index (κ3) is 4.37. The molecule has 0 amide bonds. The highest BCUT2D eigenvalue weighted by Crippen LogP contribution is 2.42. The smallest absolute Gasteiger partial charge is 0.213 e. The van der Waals surface area contributed by atoms with Crippen LogP contribution in [0.4, 0.5) is 0 Å². The number of rotatable bonds is 7. The van der Waals surface area contributed by atoms with E-state index in [1.807, 2.05) is 54.7 Å². The molecule has 34 heavy (non-hydrogen) atoms. The molecule has 5 rings (SSSR count). The van der Waals surface area contributed by atoms with Crippen LogP contribution in [0.3, 0.4) is 0 Å². The SMILES string of the molecule is COc1ccc(-n2cccc2CN2CCC(C(O)(c3ccccc3)c3ccccc3)CC2)cn1. The zero-order chi connectivity index (χ0) is 23.4. The van der Waals surface area contributed by atoms with Crippen LogP contribution in [0.1, 0.15) is 29.7 Å². The van der Waals surface area contributed by atoms with Crippen molar-refractivity contribution in [2.24, 2.45) is 5.92 Å². The summed E-state index contributed by atoms with van der Waals surface area (Å²) in [5, 5.41) is 12.1. The molecule has 0 radical (unpaired) electrons. The van der Waals surface area contributed by atoms with Gasteiger partial charge in [0.15, 0.2) is 0 Å². The highest BCUT2D eigenvalue weighted by Gasteiger charge is 2.41. The summed E-state index contributed by atoms with van der Waals surface area (Å²) in [7, 11) is 1.63. The van der Waals surface area contributed by atoms with E-state index in [0.717, 1.165) is 49.3 Å². The number of aromatic nitrogens is 2. The quantitative estimate of drug-likeness (QED) is 0.426. The molecule has 0 bridgehead atoms. The van der Waals surface area contributed by atoms with Crippen LogP contribution in [0.15, 0.2) is 97.3 Å². The number of pyridine rings is 1. The maximum absolute atomic E-state index is 12.1. The van der Waals surface area contributed by atoms with Crippen LogP contribution in [0.5, 0.6) is 5.88 Å². The normalized spacial score (nSPS) is 15.4. The zero-order valence-electron chi connectivity index (χ0n) is 19.5. The summed E-state index contributed by atoms with van der Waals surface area (Å²) in [4.78, 5) is 6.83. The molecule has 3 heterocycles. The van der Waals surface area contributed by atoms with Gasteiger partial charge in [-0.1, -0.05) is 60.7 Å². The third-order valence-corrected chi connectivity index (χ3v) is 7.03. The Kier molecular flexibility index (Phi) is 6.48. The van der Waals surface area contributed by atoms with E-state index in [4.69, 9.17) is 4.74 Å². The summed E-state index contributed by atoms with van der Waals surface area (Å²) < 4.78 is 7.37. The fraction of sp³-hybridized carbons (Fsp3) is 0.276. The van der Waals surface area contributed by atoms with Gasteiger partial charge in [-0.05, 0) is 61.2 Å². The highest BCUT2D eigenvalue weighted by molar-refractivity contribution is 5.37. The van der Waals surface area contributed by atoms with Gasteiger partial charge in [0, 0.05) is 24.5 Å². The summed E-state index contributed by atoms with van der Waals surface area (Å²) >= 11 is 0.